The molecule has 2 N–H and O–H groups in total. The summed E-state index contributed by atoms with van der Waals surface area (Å²) in [7, 11) is -13.1. The van der Waals surface area contributed by atoms with Gasteiger partial charge in [0, 0.05) is 46.1 Å². The molecule has 0 fully saturated rings. The monoisotopic (exact) mass is 1950 g/mol. The molecular formula is C90H160N12O26P4. The normalized spacial score (nSPS) is 15.0. The Balaban J connectivity index is 0.00000137. The molecule has 0 aromatic heterocycles. The van der Waals surface area contributed by atoms with E-state index in [0.717, 1.165) is 113 Å². The fraction of sp³-hybridized carbons (Fsp3) is 0.778. The Morgan fingerprint density at radius 3 is 0.795 bits per heavy atom. The van der Waals surface area contributed by atoms with Gasteiger partial charge in [0.15, 0.2) is 0 Å². The summed E-state index contributed by atoms with van der Waals surface area (Å²) >= 11 is 0. The van der Waals surface area contributed by atoms with E-state index in [0.29, 0.717) is 103 Å². The molecule has 38 nitrogen and oxygen atoms in total. The van der Waals surface area contributed by atoms with Gasteiger partial charge >= 0.3 is 31.3 Å². The van der Waals surface area contributed by atoms with Gasteiger partial charge in [-0.2, -0.15) is 0 Å². The number of azide groups is 4. The standard InChI is InChI=1S/C53H88N6O14P2.C37H72N6O12P2/c1-7-11-13-15-18-22-52(66-40-46-24-28-50(62-5)29-25-46)32-38-64-42-48(56-58-54)44-72-74(60,68-34-9-3)70-36-20-17-21-37-71-75(61,69-35-10-4)73-45-49(57-59-55)43-65-39-33-53(23-19-16-14-12-8-2)67-41-47-26-30-51(63-6)31-27-47;1-5-9-11-13-16-20-36(44)22-28-48-30-34(40-42-38)32-54-56(46,50-24-7-3)52-26-18-15-19-27-53-57(47,51-25-8-4)55-33-35(41-43-39)31-49-29-23-37(45)21-17-14-12-10-6-2/h9-10,24-31,48-49,52-53H,3-4,7-8,11-23,32-45H2,1-2,5-6H3;7-8,34-37,44-45H,3-6,9-33H2,1-2H3/t48?,49?,52-,53-,74?,75?;34?,35?,36-,37-,56?,57?/m11/s1. The van der Waals surface area contributed by atoms with Crippen LogP contribution in [0.2, 0.25) is 0 Å². The largest absolute Gasteiger partial charge is 0.497 e. The molecule has 0 spiro atoms. The number of aliphatic hydroxyl groups is 2. The van der Waals surface area contributed by atoms with Crippen LogP contribution in [-0.4, -0.2) is 205 Å². The van der Waals surface area contributed by atoms with Crippen LogP contribution in [0.4, 0.5) is 0 Å². The van der Waals surface area contributed by atoms with Crippen molar-refractivity contribution in [3.05, 3.63) is 152 Å². The lowest BCUT2D eigenvalue weighted by Crippen LogP contribution is -2.22. The zero-order valence-corrected chi connectivity index (χ0v) is 83.4. The van der Waals surface area contributed by atoms with E-state index in [2.05, 4.69) is 94.1 Å². The van der Waals surface area contributed by atoms with Gasteiger partial charge in [-0.25, -0.2) is 18.3 Å². The van der Waals surface area contributed by atoms with Crippen molar-refractivity contribution in [2.75, 3.05) is 146 Å². The Bertz CT molecular complexity index is 3370. The minimum atomic E-state index is -4.11. The van der Waals surface area contributed by atoms with Crippen molar-refractivity contribution in [3.8, 4) is 11.5 Å². The summed E-state index contributed by atoms with van der Waals surface area (Å²) in [5.74, 6) is 1.57. The third-order valence-corrected chi connectivity index (χ3v) is 25.7. The molecule has 0 saturated heterocycles. The SMILES string of the molecule is C=CCOP(=O)(OCCCCCOP(=O)(OCC=C)OCC(COCC[C@@H](CCCCCCC)OCc1ccc(OC)cc1)N=[N+]=[N-])OCC(COCC[C@@H](CCCCCCC)OCc1ccc(OC)cc1)N=[N+]=[N-].C=CCOP(=O)(OCCCCCOP(=O)(OCC=C)OCC(COCC[C@H](O)CCCCCCC)N=[N+]=[N-])OCC(COCC[C@H](O)CCCCCCC)N=[N+]=[N-]. The predicted octanol–water partition coefficient (Wildman–Crippen LogP) is 25.4. The predicted molar refractivity (Wildman–Crippen MR) is 512 cm³/mol. The second-order valence-corrected chi connectivity index (χ2v) is 38.0. The molecule has 8 unspecified atom stereocenters. The maximum absolute atomic E-state index is 13.6. The van der Waals surface area contributed by atoms with Crippen LogP contribution in [0.3, 0.4) is 0 Å². The van der Waals surface area contributed by atoms with E-state index in [9.17, 15) is 39.5 Å². The summed E-state index contributed by atoms with van der Waals surface area (Å²) in [5.41, 5.74) is 38.6. The van der Waals surface area contributed by atoms with Crippen molar-refractivity contribution in [1.29, 1.82) is 0 Å². The second kappa shape index (κ2) is 85.8. The highest BCUT2D eigenvalue weighted by Crippen LogP contribution is 2.53. The Morgan fingerprint density at radius 2 is 0.553 bits per heavy atom. The van der Waals surface area contributed by atoms with E-state index in [4.69, 9.17) is 103 Å². The molecule has 0 aliphatic rings. The zero-order chi connectivity index (χ0) is 96.8. The molecule has 2 rings (SSSR count). The number of rotatable bonds is 96. The average molecular weight is 1950 g/mol. The van der Waals surface area contributed by atoms with Crippen molar-refractivity contribution in [1.82, 2.24) is 0 Å². The van der Waals surface area contributed by atoms with E-state index in [-0.39, 0.29) is 131 Å². The van der Waals surface area contributed by atoms with Gasteiger partial charge < -0.3 is 48.1 Å². The highest BCUT2D eigenvalue weighted by Gasteiger charge is 2.33. The van der Waals surface area contributed by atoms with Crippen molar-refractivity contribution < 1.29 is 121 Å². The van der Waals surface area contributed by atoms with Crippen LogP contribution in [0.1, 0.15) is 257 Å². The Hall–Kier alpha value is -5.64. The molecule has 0 aliphatic carbocycles. The third kappa shape index (κ3) is 70.1. The molecular weight excluding hydrogens is 1790 g/mol. The van der Waals surface area contributed by atoms with Crippen LogP contribution in [-0.2, 0) is 114 Å². The summed E-state index contributed by atoms with van der Waals surface area (Å²) in [6, 6.07) is 12.3. The number of hydrogen-bond donors (Lipinski definition) is 2. The van der Waals surface area contributed by atoms with Gasteiger partial charge in [0.1, 0.15) is 11.5 Å². The first-order valence-corrected chi connectivity index (χ1v) is 52.9. The number of aliphatic hydroxyl groups excluding tert-OH is 2. The number of benzene rings is 2. The Morgan fingerprint density at radius 1 is 0.311 bits per heavy atom. The number of nitrogens with zero attached hydrogens (tertiary/aromatic N) is 12. The molecule has 2 aromatic rings. The first-order valence-electron chi connectivity index (χ1n) is 47.1. The molecule has 0 bridgehead atoms. The summed E-state index contributed by atoms with van der Waals surface area (Å²) < 4.78 is 166. The maximum atomic E-state index is 13.6. The number of phosphoric ester groups is 4. The average Bonchev–Trinajstić information content (AvgIpc) is 0.900. The summed E-state index contributed by atoms with van der Waals surface area (Å²) in [5, 5.41) is 35.3. The molecule has 2 aromatic carbocycles. The summed E-state index contributed by atoms with van der Waals surface area (Å²) in [6.45, 7) is 23.5. The van der Waals surface area contributed by atoms with Crippen LogP contribution < -0.4 is 9.47 Å². The molecule has 756 valence electrons. The van der Waals surface area contributed by atoms with Crippen molar-refractivity contribution in [2.24, 2.45) is 20.5 Å². The number of ether oxygens (including phenoxy) is 8. The van der Waals surface area contributed by atoms with Gasteiger partial charge in [-0.05, 0) is 147 Å². The molecule has 0 amide bonds. The molecule has 0 radical (unpaired) electrons. The van der Waals surface area contributed by atoms with Gasteiger partial charge in [-0.3, -0.25) is 54.3 Å². The number of phosphoric acid groups is 4. The number of methoxy groups -OCH3 is 2. The summed E-state index contributed by atoms with van der Waals surface area (Å²) in [6.07, 6.45) is 35.2. The van der Waals surface area contributed by atoms with Crippen molar-refractivity contribution in [3.63, 3.8) is 0 Å². The quantitative estimate of drug-likeness (QED) is 0.0155. The molecule has 12 atom stereocenters. The molecule has 0 saturated carbocycles. The van der Waals surface area contributed by atoms with Crippen LogP contribution in [0.25, 0.3) is 41.8 Å². The first-order chi connectivity index (χ1) is 64.2. The fourth-order valence-electron chi connectivity index (χ4n) is 12.4. The van der Waals surface area contributed by atoms with Crippen LogP contribution in [0.5, 0.6) is 11.5 Å². The lowest BCUT2D eigenvalue weighted by molar-refractivity contribution is 0.00202. The first kappa shape index (κ1) is 124. The molecule has 0 heterocycles. The third-order valence-electron chi connectivity index (χ3n) is 20.0. The van der Waals surface area contributed by atoms with E-state index in [1.54, 1.807) is 14.2 Å². The van der Waals surface area contributed by atoms with Crippen LogP contribution in [0.15, 0.2) is 120 Å². The van der Waals surface area contributed by atoms with Gasteiger partial charge in [0.05, 0.1) is 182 Å². The molecule has 42 heteroatoms. The number of unbranched alkanes of at least 4 members (excludes halogenated alkanes) is 20. The zero-order valence-electron chi connectivity index (χ0n) is 79.8. The van der Waals surface area contributed by atoms with Gasteiger partial charge in [0.25, 0.3) is 0 Å². The van der Waals surface area contributed by atoms with E-state index < -0.39 is 67.7 Å². The number of hydrogen-bond acceptors (Lipinski definition) is 30. The van der Waals surface area contributed by atoms with E-state index >= 15 is 0 Å². The second-order valence-electron chi connectivity index (χ2n) is 31.3. The lowest BCUT2D eigenvalue weighted by atomic mass is 10.1. The Labute approximate surface area is 786 Å². The van der Waals surface area contributed by atoms with Crippen LogP contribution >= 0.6 is 31.3 Å². The summed E-state index contributed by atoms with van der Waals surface area (Å²) in [4.78, 5) is 11.5. The maximum Gasteiger partial charge on any atom is 0.475 e. The molecule has 132 heavy (non-hydrogen) atoms. The Kier molecular flexibility index (Phi) is 80.8. The van der Waals surface area contributed by atoms with Crippen LogP contribution in [0, 0.1) is 0 Å². The highest BCUT2D eigenvalue weighted by atomic mass is 31.2. The molecule has 0 aliphatic heterocycles. The fourth-order valence-corrected chi connectivity index (χ4v) is 17.3. The van der Waals surface area contributed by atoms with Gasteiger partial charge in [-0.15, -0.1) is 26.3 Å². The topological polar surface area (TPSA) is 488 Å². The minimum absolute atomic E-state index is 0.0108. The van der Waals surface area contributed by atoms with Crippen molar-refractivity contribution >= 4 is 31.3 Å². The van der Waals surface area contributed by atoms with Gasteiger partial charge in [0.2, 0.25) is 0 Å². The van der Waals surface area contributed by atoms with Gasteiger partial charge in [-0.1, -0.05) is 225 Å². The van der Waals surface area contributed by atoms with E-state index in [1.165, 1.54) is 75.7 Å². The highest BCUT2D eigenvalue weighted by molar-refractivity contribution is 7.49. The smallest absolute Gasteiger partial charge is 0.475 e. The van der Waals surface area contributed by atoms with E-state index in [1.807, 2.05) is 48.5 Å². The lowest BCUT2D eigenvalue weighted by Gasteiger charge is -2.21. The minimum Gasteiger partial charge on any atom is -0.497 e. The van der Waals surface area contributed by atoms with Crippen molar-refractivity contribution in [2.45, 2.75) is 308 Å².